The fourth-order valence-electron chi connectivity index (χ4n) is 8.84. The third-order valence-corrected chi connectivity index (χ3v) is 11.2. The molecule has 2 aliphatic heterocycles. The molecular weight excluding hydrogens is 677 g/mol. The smallest absolute Gasteiger partial charge is 0.303 e. The lowest BCUT2D eigenvalue weighted by Crippen LogP contribution is -2.53. The molecule has 2 heterocycles. The molecule has 3 fully saturated rings. The first-order chi connectivity index (χ1) is 24.5. The molecule has 51 heavy (non-hydrogen) atoms. The van der Waals surface area contributed by atoms with Crippen LogP contribution in [0.15, 0.2) is 91.0 Å². The van der Waals surface area contributed by atoms with Crippen LogP contribution in [0.25, 0.3) is 0 Å². The number of nitrogens with zero attached hydrogens (tertiary/aromatic N) is 2. The van der Waals surface area contributed by atoms with E-state index in [1.54, 1.807) is 48.5 Å². The van der Waals surface area contributed by atoms with Crippen LogP contribution < -0.4 is 5.43 Å². The minimum atomic E-state index is -1.64. The van der Waals surface area contributed by atoms with Crippen molar-refractivity contribution in [1.29, 1.82) is 0 Å². The topological polar surface area (TPSA) is 144 Å². The monoisotopic (exact) mass is 711 g/mol. The van der Waals surface area contributed by atoms with Gasteiger partial charge in [-0.05, 0) is 79.1 Å². The minimum absolute atomic E-state index is 0.0351. The number of phenols is 1. The molecule has 3 N–H and O–H groups in total. The van der Waals surface area contributed by atoms with Gasteiger partial charge in [-0.1, -0.05) is 59.7 Å². The molecule has 0 unspecified atom stereocenters. The van der Waals surface area contributed by atoms with Crippen molar-refractivity contribution in [3.05, 3.63) is 119 Å². The molecule has 2 saturated heterocycles. The highest BCUT2D eigenvalue weighted by Crippen LogP contribution is 2.65. The molecule has 10 nitrogen and oxygen atoms in total. The summed E-state index contributed by atoms with van der Waals surface area (Å²) in [4.78, 5) is 70.1. The first-order valence-corrected chi connectivity index (χ1v) is 17.2. The predicted octanol–water partition coefficient (Wildman–Crippen LogP) is 5.76. The van der Waals surface area contributed by atoms with Crippen molar-refractivity contribution in [3.8, 4) is 5.75 Å². The number of aliphatic carboxylic acids is 1. The van der Waals surface area contributed by atoms with Gasteiger partial charge in [0.15, 0.2) is 0 Å². The molecule has 4 amide bonds. The number of carbonyl (C=O) groups excluding carboxylic acids is 4. The molecule has 0 spiro atoms. The van der Waals surface area contributed by atoms with E-state index < -0.39 is 64.5 Å². The molecule has 6 atom stereocenters. The van der Waals surface area contributed by atoms with Crippen molar-refractivity contribution in [2.24, 2.45) is 23.7 Å². The van der Waals surface area contributed by atoms with Crippen LogP contribution in [0, 0.1) is 29.5 Å². The molecule has 1 saturated carbocycles. The van der Waals surface area contributed by atoms with E-state index in [-0.39, 0.29) is 43.9 Å². The number of rotatable bonds is 10. The standard InChI is InChI=1S/C39H35ClFN3O7/c1-2-5-21-6-3-7-28(34(21)47)33-26-17-18-27-32(37(50)43(35(27)48)19-4-8-31(45)46)29(26)20-30-36(49)44(42-25-15-13-24(41)14-16-25)38(51)39(30,33)22-9-11-23(40)12-10-22/h2-3,6-7,9-17,27,29-30,32-33,42,47H,1,4-5,8,18-20H2,(H,45,46)/t27-,29+,30-,32-,33+,39+/m0/s1. The summed E-state index contributed by atoms with van der Waals surface area (Å²) in [5.41, 5.74) is 3.62. The van der Waals surface area contributed by atoms with Gasteiger partial charge in [0.1, 0.15) is 11.6 Å². The molecule has 0 bridgehead atoms. The van der Waals surface area contributed by atoms with Crippen LogP contribution in [0.4, 0.5) is 10.1 Å². The summed E-state index contributed by atoms with van der Waals surface area (Å²) in [6, 6.07) is 17.1. The van der Waals surface area contributed by atoms with E-state index in [4.69, 9.17) is 11.6 Å². The largest absolute Gasteiger partial charge is 0.507 e. The van der Waals surface area contributed by atoms with Crippen molar-refractivity contribution in [2.45, 2.75) is 43.4 Å². The van der Waals surface area contributed by atoms with Crippen LogP contribution in [-0.4, -0.2) is 56.3 Å². The highest BCUT2D eigenvalue weighted by Gasteiger charge is 2.70. The number of phenolic OH excluding ortho intramolecular Hbond substituents is 1. The second-order valence-electron chi connectivity index (χ2n) is 13.5. The Bertz CT molecular complexity index is 2000. The van der Waals surface area contributed by atoms with Gasteiger partial charge in [0.25, 0.3) is 11.8 Å². The number of hydrazine groups is 1. The summed E-state index contributed by atoms with van der Waals surface area (Å²) < 4.78 is 13.8. The Labute approximate surface area is 298 Å². The third-order valence-electron chi connectivity index (χ3n) is 10.9. The Morgan fingerprint density at radius 2 is 1.73 bits per heavy atom. The van der Waals surface area contributed by atoms with Gasteiger partial charge in [-0.3, -0.25) is 34.3 Å². The van der Waals surface area contributed by atoms with Crippen molar-refractivity contribution in [1.82, 2.24) is 9.91 Å². The van der Waals surface area contributed by atoms with Gasteiger partial charge in [0.05, 0.1) is 28.9 Å². The molecule has 0 aromatic heterocycles. The van der Waals surface area contributed by atoms with Gasteiger partial charge in [0.2, 0.25) is 11.8 Å². The molecule has 0 radical (unpaired) electrons. The van der Waals surface area contributed by atoms with E-state index in [2.05, 4.69) is 12.0 Å². The first kappa shape index (κ1) is 34.2. The lowest BCUT2D eigenvalue weighted by atomic mass is 9.49. The molecule has 262 valence electrons. The second kappa shape index (κ2) is 13.1. The van der Waals surface area contributed by atoms with Crippen LogP contribution in [0.2, 0.25) is 5.02 Å². The molecule has 3 aromatic carbocycles. The van der Waals surface area contributed by atoms with E-state index in [1.165, 1.54) is 24.3 Å². The normalized spacial score (nSPS) is 26.8. The van der Waals surface area contributed by atoms with E-state index in [0.717, 1.165) is 9.91 Å². The Morgan fingerprint density at radius 3 is 2.41 bits per heavy atom. The third kappa shape index (κ3) is 5.42. The first-order valence-electron chi connectivity index (χ1n) is 16.8. The Morgan fingerprint density at radius 1 is 1.00 bits per heavy atom. The number of carboxylic acids is 1. The van der Waals surface area contributed by atoms with Gasteiger partial charge >= 0.3 is 5.97 Å². The maximum atomic E-state index is 15.2. The van der Waals surface area contributed by atoms with Gasteiger partial charge in [-0.25, -0.2) is 4.39 Å². The van der Waals surface area contributed by atoms with Crippen LogP contribution in [0.5, 0.6) is 5.75 Å². The molecule has 3 aromatic rings. The summed E-state index contributed by atoms with van der Waals surface area (Å²) in [5.74, 6) is -7.90. The fourth-order valence-corrected chi connectivity index (χ4v) is 8.96. The minimum Gasteiger partial charge on any atom is -0.507 e. The summed E-state index contributed by atoms with van der Waals surface area (Å²) in [5, 5.41) is 22.4. The van der Waals surface area contributed by atoms with E-state index in [9.17, 15) is 33.8 Å². The predicted molar refractivity (Wildman–Crippen MR) is 185 cm³/mol. The Kier molecular flexibility index (Phi) is 8.79. The molecular formula is C39H35ClFN3O7. The van der Waals surface area contributed by atoms with Crippen LogP contribution >= 0.6 is 11.6 Å². The second-order valence-corrected chi connectivity index (χ2v) is 14.0. The summed E-state index contributed by atoms with van der Waals surface area (Å²) in [6.45, 7) is 3.77. The van der Waals surface area contributed by atoms with Gasteiger partial charge < -0.3 is 10.2 Å². The summed E-state index contributed by atoms with van der Waals surface area (Å²) in [6.07, 6.45) is 3.95. The fraction of sp³-hybridized carbons (Fsp3) is 0.308. The van der Waals surface area contributed by atoms with Crippen molar-refractivity contribution in [2.75, 3.05) is 12.0 Å². The highest BCUT2D eigenvalue weighted by atomic mass is 35.5. The molecule has 7 rings (SSSR count). The Balaban J connectivity index is 1.43. The summed E-state index contributed by atoms with van der Waals surface area (Å²) >= 11 is 6.33. The number of para-hydroxylation sites is 1. The number of amides is 4. The van der Waals surface area contributed by atoms with Gasteiger partial charge in [0, 0.05) is 29.5 Å². The number of allylic oxidation sites excluding steroid dienone is 3. The van der Waals surface area contributed by atoms with Gasteiger partial charge in [-0.2, -0.15) is 5.01 Å². The van der Waals surface area contributed by atoms with Gasteiger partial charge in [-0.15, -0.1) is 6.58 Å². The number of anilines is 1. The number of benzene rings is 3. The maximum absolute atomic E-state index is 15.2. The van der Waals surface area contributed by atoms with Crippen LogP contribution in [-0.2, 0) is 35.8 Å². The highest BCUT2D eigenvalue weighted by molar-refractivity contribution is 6.30. The average molecular weight is 712 g/mol. The number of imide groups is 2. The number of aromatic hydroxyl groups is 1. The number of carbonyl (C=O) groups is 5. The van der Waals surface area contributed by atoms with Crippen LogP contribution in [0.3, 0.4) is 0 Å². The quantitative estimate of drug-likeness (QED) is 0.178. The zero-order chi connectivity index (χ0) is 36.2. The average Bonchev–Trinajstić information content (AvgIpc) is 3.47. The Hall–Kier alpha value is -5.29. The van der Waals surface area contributed by atoms with E-state index >= 15 is 4.79 Å². The zero-order valence-corrected chi connectivity index (χ0v) is 28.2. The summed E-state index contributed by atoms with van der Waals surface area (Å²) in [7, 11) is 0. The van der Waals surface area contributed by atoms with Crippen molar-refractivity contribution < 1.29 is 38.6 Å². The number of hydrogen-bond donors (Lipinski definition) is 3. The number of likely N-dealkylation sites (tertiary alicyclic amines) is 1. The molecule has 4 aliphatic rings. The zero-order valence-electron chi connectivity index (χ0n) is 27.4. The lowest BCUT2D eigenvalue weighted by Gasteiger charge is -2.50. The maximum Gasteiger partial charge on any atom is 0.303 e. The van der Waals surface area contributed by atoms with Crippen molar-refractivity contribution >= 4 is 46.9 Å². The molecule has 2 aliphatic carbocycles. The van der Waals surface area contributed by atoms with E-state index in [0.29, 0.717) is 39.4 Å². The van der Waals surface area contributed by atoms with Crippen molar-refractivity contribution in [3.63, 3.8) is 0 Å². The van der Waals surface area contributed by atoms with Crippen LogP contribution in [0.1, 0.15) is 48.3 Å². The SMILES string of the molecule is C=CCc1cccc([C@H]2C3=CC[C@@H]4C(=O)N(CCCC(=O)O)C(=O)[C@@H]4[C@@H]3C[C@H]3C(=O)N(Nc4ccc(F)cc4)C(=O)[C@@]23c2ccc(Cl)cc2)c1O. The number of carboxylic acid groups (broad SMARTS) is 1. The number of halogens is 2. The number of nitrogens with one attached hydrogen (secondary N) is 1. The molecule has 12 heteroatoms. The number of fused-ring (bicyclic) bond motifs is 4. The van der Waals surface area contributed by atoms with E-state index in [1.807, 2.05) is 6.08 Å². The number of hydrogen-bond acceptors (Lipinski definition) is 7. The lowest BCUT2D eigenvalue weighted by molar-refractivity contribution is -0.142.